The van der Waals surface area contributed by atoms with Gasteiger partial charge >= 0.3 is 6.09 Å². The monoisotopic (exact) mass is 714 g/mol. The lowest BCUT2D eigenvalue weighted by molar-refractivity contribution is -0.131. The lowest BCUT2D eigenvalue weighted by atomic mass is 9.94. The summed E-state index contributed by atoms with van der Waals surface area (Å²) in [5.74, 6) is -0.503. The number of carbonyl (C=O) groups is 4. The molecule has 4 amide bonds. The molecule has 4 rings (SSSR count). The van der Waals surface area contributed by atoms with Crippen molar-refractivity contribution in [1.82, 2.24) is 21.3 Å². The summed E-state index contributed by atoms with van der Waals surface area (Å²) in [6.07, 6.45) is 4.02. The van der Waals surface area contributed by atoms with Crippen LogP contribution in [0.15, 0.2) is 72.8 Å². The van der Waals surface area contributed by atoms with Crippen LogP contribution in [0, 0.1) is 17.8 Å². The van der Waals surface area contributed by atoms with Gasteiger partial charge < -0.3 is 31.1 Å². The number of fused-ring (bicyclic) bond motifs is 1. The molecule has 5 atom stereocenters. The fraction of sp³-hybridized carbons (Fsp3) is 0.524. The van der Waals surface area contributed by atoms with E-state index in [1.165, 1.54) is 0 Å². The predicted octanol–water partition coefficient (Wildman–Crippen LogP) is 6.19. The van der Waals surface area contributed by atoms with Crippen molar-refractivity contribution >= 4 is 34.6 Å². The Morgan fingerprint density at radius 1 is 0.827 bits per heavy atom. The van der Waals surface area contributed by atoms with E-state index < -0.39 is 42.1 Å². The van der Waals surface area contributed by atoms with Crippen LogP contribution in [-0.4, -0.2) is 59.7 Å². The largest absolute Gasteiger partial charge is 0.445 e. The molecule has 10 heteroatoms. The van der Waals surface area contributed by atoms with Crippen molar-refractivity contribution in [3.05, 3.63) is 83.9 Å². The molecule has 1 aliphatic rings. The number of aliphatic hydroxyl groups is 1. The number of ether oxygens (including phenoxy) is 1. The third-order valence-corrected chi connectivity index (χ3v) is 10.1. The van der Waals surface area contributed by atoms with Crippen LogP contribution in [-0.2, 0) is 32.1 Å². The van der Waals surface area contributed by atoms with Crippen molar-refractivity contribution in [2.75, 3.05) is 6.54 Å². The number of benzene rings is 3. The molecule has 0 radical (unpaired) electrons. The van der Waals surface area contributed by atoms with Gasteiger partial charge in [0.05, 0.1) is 18.6 Å². The topological polar surface area (TPSA) is 146 Å². The molecule has 3 aromatic rings. The summed E-state index contributed by atoms with van der Waals surface area (Å²) in [6, 6.07) is 20.4. The molecular formula is C42H58N4O6. The average Bonchev–Trinajstić information content (AvgIpc) is 3.65. The molecule has 0 saturated heterocycles. The smallest absolute Gasteiger partial charge is 0.408 e. The number of nitrogens with one attached hydrogen (secondary N) is 4. The maximum atomic E-state index is 14.2. The van der Waals surface area contributed by atoms with Gasteiger partial charge in [0.2, 0.25) is 17.7 Å². The van der Waals surface area contributed by atoms with E-state index in [-0.39, 0.29) is 37.2 Å². The fourth-order valence-electron chi connectivity index (χ4n) is 6.83. The van der Waals surface area contributed by atoms with Crippen LogP contribution in [0.5, 0.6) is 0 Å². The van der Waals surface area contributed by atoms with Crippen LogP contribution in [0.2, 0.25) is 0 Å². The second kappa shape index (κ2) is 20.6. The van der Waals surface area contributed by atoms with Gasteiger partial charge in [-0.15, -0.1) is 0 Å². The van der Waals surface area contributed by atoms with Crippen molar-refractivity contribution in [3.63, 3.8) is 0 Å². The maximum absolute atomic E-state index is 14.2. The van der Waals surface area contributed by atoms with E-state index >= 15 is 0 Å². The highest BCUT2D eigenvalue weighted by atomic mass is 16.5. The summed E-state index contributed by atoms with van der Waals surface area (Å²) in [5, 5.41) is 24.8. The Hall–Kier alpha value is -4.44. The van der Waals surface area contributed by atoms with Crippen LogP contribution < -0.4 is 21.3 Å². The van der Waals surface area contributed by atoms with Gasteiger partial charge in [0.1, 0.15) is 18.7 Å². The van der Waals surface area contributed by atoms with Crippen LogP contribution in [0.1, 0.15) is 90.2 Å². The molecule has 1 saturated carbocycles. The van der Waals surface area contributed by atoms with Crippen LogP contribution in [0.25, 0.3) is 10.8 Å². The molecule has 3 aromatic carbocycles. The van der Waals surface area contributed by atoms with E-state index in [1.54, 1.807) is 0 Å². The number of hydrogen-bond donors (Lipinski definition) is 5. The fourth-order valence-corrected chi connectivity index (χ4v) is 6.83. The minimum absolute atomic E-state index is 0.0389. The Bertz CT molecular complexity index is 1590. The molecule has 0 heterocycles. The molecule has 10 nitrogen and oxygen atoms in total. The van der Waals surface area contributed by atoms with Crippen LogP contribution in [0.3, 0.4) is 0 Å². The molecule has 52 heavy (non-hydrogen) atoms. The third kappa shape index (κ3) is 13.0. The van der Waals surface area contributed by atoms with Gasteiger partial charge in [-0.2, -0.15) is 0 Å². The molecule has 0 aromatic heterocycles. The van der Waals surface area contributed by atoms with Crippen LogP contribution >= 0.6 is 0 Å². The molecule has 0 spiro atoms. The van der Waals surface area contributed by atoms with Gasteiger partial charge in [-0.05, 0) is 52.5 Å². The molecule has 3 unspecified atom stereocenters. The summed E-state index contributed by atoms with van der Waals surface area (Å²) in [6.45, 7) is 8.65. The summed E-state index contributed by atoms with van der Waals surface area (Å²) in [5.41, 5.74) is 1.68. The van der Waals surface area contributed by atoms with Gasteiger partial charge in [0.15, 0.2) is 0 Å². The van der Waals surface area contributed by atoms with Crippen molar-refractivity contribution in [3.8, 4) is 0 Å². The summed E-state index contributed by atoms with van der Waals surface area (Å²) >= 11 is 0. The average molecular weight is 715 g/mol. The number of aliphatic hydroxyl groups excluding tert-OH is 1. The number of amides is 4. The maximum Gasteiger partial charge on any atom is 0.408 e. The van der Waals surface area contributed by atoms with E-state index in [9.17, 15) is 24.3 Å². The first-order chi connectivity index (χ1) is 25.0. The second-order valence-electron chi connectivity index (χ2n) is 14.9. The van der Waals surface area contributed by atoms with E-state index in [4.69, 9.17) is 4.74 Å². The van der Waals surface area contributed by atoms with Gasteiger partial charge in [0.25, 0.3) is 0 Å². The van der Waals surface area contributed by atoms with Crippen LogP contribution in [0.4, 0.5) is 4.79 Å². The molecule has 0 bridgehead atoms. The van der Waals surface area contributed by atoms with Gasteiger partial charge in [-0.3, -0.25) is 14.4 Å². The Kier molecular flexibility index (Phi) is 15.9. The lowest BCUT2D eigenvalue weighted by Crippen LogP contribution is -2.57. The number of rotatable bonds is 19. The Balaban J connectivity index is 1.53. The molecule has 1 aliphatic carbocycles. The van der Waals surface area contributed by atoms with Crippen molar-refractivity contribution in [2.24, 2.45) is 17.8 Å². The van der Waals surface area contributed by atoms with Gasteiger partial charge in [-0.25, -0.2) is 4.79 Å². The highest BCUT2D eigenvalue weighted by molar-refractivity contribution is 5.93. The summed E-state index contributed by atoms with van der Waals surface area (Å²) in [7, 11) is 0. The second-order valence-corrected chi connectivity index (χ2v) is 14.9. The zero-order valence-corrected chi connectivity index (χ0v) is 31.2. The zero-order valence-electron chi connectivity index (χ0n) is 31.2. The third-order valence-electron chi connectivity index (χ3n) is 10.1. The Morgan fingerprint density at radius 2 is 1.50 bits per heavy atom. The summed E-state index contributed by atoms with van der Waals surface area (Å²) < 4.78 is 5.51. The predicted molar refractivity (Wildman–Crippen MR) is 204 cm³/mol. The van der Waals surface area contributed by atoms with Gasteiger partial charge in [-0.1, -0.05) is 133 Å². The van der Waals surface area contributed by atoms with Gasteiger partial charge in [0, 0.05) is 13.0 Å². The SMILES string of the molecule is CCC(C)CNC(=O)CC(O)C(CC(C)C)NC(=O)[C@H](CC1CCCC1)NC(=O)[C@H](Cc1cccc2ccccc12)NC(=O)OCc1ccccc1. The summed E-state index contributed by atoms with van der Waals surface area (Å²) in [4.78, 5) is 54.1. The van der Waals surface area contributed by atoms with E-state index in [0.29, 0.717) is 25.3 Å². The zero-order chi connectivity index (χ0) is 37.5. The van der Waals surface area contributed by atoms with E-state index in [0.717, 1.165) is 54.0 Å². The number of hydrogen-bond acceptors (Lipinski definition) is 6. The van der Waals surface area contributed by atoms with E-state index in [1.807, 2.05) is 93.6 Å². The Morgan fingerprint density at radius 3 is 2.21 bits per heavy atom. The first-order valence-corrected chi connectivity index (χ1v) is 19.0. The first kappa shape index (κ1) is 40.3. The quantitative estimate of drug-likeness (QED) is 0.100. The number of alkyl carbamates (subject to hydrolysis) is 1. The standard InChI is InChI=1S/C42H58N4O6/c1-5-29(4)26-43-39(48)25-38(47)35(22-28(2)3)44-40(49)36(23-30-14-9-10-15-30)45-41(50)37(46-42(51)52-27-31-16-7-6-8-17-31)24-33-20-13-19-32-18-11-12-21-34(32)33/h6-8,11-13,16-21,28-30,35-38,47H,5,9-10,14-15,22-27H2,1-4H3,(H,43,48)(H,44,49)(H,45,50)(H,46,51)/t29?,35?,36-,37-,38?/m0/s1. The highest BCUT2D eigenvalue weighted by Crippen LogP contribution is 2.29. The lowest BCUT2D eigenvalue weighted by Gasteiger charge is -2.30. The minimum atomic E-state index is -1.11. The van der Waals surface area contributed by atoms with E-state index in [2.05, 4.69) is 28.2 Å². The van der Waals surface area contributed by atoms with Crippen molar-refractivity contribution in [1.29, 1.82) is 0 Å². The molecular weight excluding hydrogens is 656 g/mol. The highest BCUT2D eigenvalue weighted by Gasteiger charge is 2.33. The number of carbonyl (C=O) groups excluding carboxylic acids is 4. The molecule has 5 N–H and O–H groups in total. The Labute approximate surface area is 308 Å². The molecule has 0 aliphatic heterocycles. The first-order valence-electron chi connectivity index (χ1n) is 19.0. The minimum Gasteiger partial charge on any atom is -0.445 e. The normalized spacial score (nSPS) is 16.0. The van der Waals surface area contributed by atoms with Crippen molar-refractivity contribution in [2.45, 2.75) is 116 Å². The molecule has 282 valence electrons. The molecule has 1 fully saturated rings. The van der Waals surface area contributed by atoms with Crippen molar-refractivity contribution < 1.29 is 29.0 Å².